The lowest BCUT2D eigenvalue weighted by molar-refractivity contribution is -0.122. The van der Waals surface area contributed by atoms with Crippen molar-refractivity contribution in [2.45, 2.75) is 45.6 Å². The summed E-state index contributed by atoms with van der Waals surface area (Å²) in [6.45, 7) is 6.39. The lowest BCUT2D eigenvalue weighted by atomic mass is 9.85. The number of nitrogens with zero attached hydrogens (tertiary/aromatic N) is 1. The van der Waals surface area contributed by atoms with Gasteiger partial charge in [0.15, 0.2) is 0 Å². The molecule has 0 aromatic carbocycles. The Bertz CT molecular complexity index is 204. The van der Waals surface area contributed by atoms with Crippen molar-refractivity contribution in [3.05, 3.63) is 0 Å². The van der Waals surface area contributed by atoms with E-state index in [0.29, 0.717) is 12.5 Å². The zero-order chi connectivity index (χ0) is 11.3. The van der Waals surface area contributed by atoms with Crippen molar-refractivity contribution in [3.8, 4) is 0 Å². The third-order valence-electron chi connectivity index (χ3n) is 3.39. The zero-order valence-electron chi connectivity index (χ0n) is 9.83. The standard InChI is InChI=1S/C11H23N3O/c1-3-14(8-10-5-4-6-10)9(2)7-11(15)13-12/h9-10H,3-8,12H2,1-2H3,(H,13,15). The van der Waals surface area contributed by atoms with Gasteiger partial charge in [0.2, 0.25) is 5.91 Å². The molecule has 0 heterocycles. The zero-order valence-corrected chi connectivity index (χ0v) is 9.83. The van der Waals surface area contributed by atoms with Crippen molar-refractivity contribution in [1.82, 2.24) is 10.3 Å². The van der Waals surface area contributed by atoms with Crippen LogP contribution < -0.4 is 11.3 Å². The van der Waals surface area contributed by atoms with Crippen molar-refractivity contribution in [2.24, 2.45) is 11.8 Å². The minimum atomic E-state index is -0.0745. The van der Waals surface area contributed by atoms with Crippen LogP contribution in [0.1, 0.15) is 39.5 Å². The lowest BCUT2D eigenvalue weighted by Gasteiger charge is -2.35. The normalized spacial score (nSPS) is 18.7. The Morgan fingerprint density at radius 2 is 2.27 bits per heavy atom. The van der Waals surface area contributed by atoms with E-state index in [1.54, 1.807) is 0 Å². The Balaban J connectivity index is 2.31. The first-order valence-corrected chi connectivity index (χ1v) is 5.90. The molecule has 1 aliphatic carbocycles. The number of carbonyl (C=O) groups is 1. The third-order valence-corrected chi connectivity index (χ3v) is 3.39. The fraction of sp³-hybridized carbons (Fsp3) is 0.909. The van der Waals surface area contributed by atoms with E-state index < -0.39 is 0 Å². The molecular weight excluding hydrogens is 190 g/mol. The molecule has 88 valence electrons. The number of hydrazine groups is 1. The molecule has 4 heteroatoms. The van der Waals surface area contributed by atoms with E-state index in [4.69, 9.17) is 5.84 Å². The van der Waals surface area contributed by atoms with Crippen LogP contribution in [0.15, 0.2) is 0 Å². The molecule has 0 spiro atoms. The molecule has 1 saturated carbocycles. The molecule has 3 N–H and O–H groups in total. The summed E-state index contributed by atoms with van der Waals surface area (Å²) in [5.41, 5.74) is 2.19. The highest BCUT2D eigenvalue weighted by Crippen LogP contribution is 2.27. The van der Waals surface area contributed by atoms with Crippen LogP contribution in [0.4, 0.5) is 0 Å². The monoisotopic (exact) mass is 213 g/mol. The maximum Gasteiger partial charge on any atom is 0.235 e. The van der Waals surface area contributed by atoms with Crippen LogP contribution in [-0.4, -0.2) is 29.9 Å². The van der Waals surface area contributed by atoms with Crippen LogP contribution in [-0.2, 0) is 4.79 Å². The van der Waals surface area contributed by atoms with Crippen molar-refractivity contribution < 1.29 is 4.79 Å². The topological polar surface area (TPSA) is 58.4 Å². The van der Waals surface area contributed by atoms with Gasteiger partial charge in [-0.1, -0.05) is 13.3 Å². The van der Waals surface area contributed by atoms with Gasteiger partial charge in [0.05, 0.1) is 0 Å². The van der Waals surface area contributed by atoms with Crippen LogP contribution >= 0.6 is 0 Å². The molecule has 0 aromatic rings. The molecule has 1 aliphatic rings. The van der Waals surface area contributed by atoms with Gasteiger partial charge >= 0.3 is 0 Å². The number of hydrogen-bond acceptors (Lipinski definition) is 3. The SMILES string of the molecule is CCN(CC1CCC1)C(C)CC(=O)NN. The molecule has 0 bridgehead atoms. The third kappa shape index (κ3) is 3.80. The highest BCUT2D eigenvalue weighted by Gasteiger charge is 2.23. The maximum atomic E-state index is 11.1. The molecule has 1 amide bonds. The summed E-state index contributed by atoms with van der Waals surface area (Å²) in [4.78, 5) is 13.5. The first-order chi connectivity index (χ1) is 7.17. The molecule has 15 heavy (non-hydrogen) atoms. The predicted octanol–water partition coefficient (Wildman–Crippen LogP) is 0.877. The van der Waals surface area contributed by atoms with Crippen molar-refractivity contribution >= 4 is 5.91 Å². The number of carbonyl (C=O) groups excluding carboxylic acids is 1. The molecule has 1 unspecified atom stereocenters. The van der Waals surface area contributed by atoms with E-state index in [-0.39, 0.29) is 5.91 Å². The summed E-state index contributed by atoms with van der Waals surface area (Å²) in [6, 6.07) is 0.291. The van der Waals surface area contributed by atoms with E-state index >= 15 is 0 Å². The first kappa shape index (κ1) is 12.5. The van der Waals surface area contributed by atoms with Gasteiger partial charge in [-0.25, -0.2) is 5.84 Å². The molecule has 1 fully saturated rings. The second-order valence-corrected chi connectivity index (χ2v) is 4.51. The minimum Gasteiger partial charge on any atom is -0.300 e. The highest BCUT2D eigenvalue weighted by molar-refractivity contribution is 5.75. The molecule has 4 nitrogen and oxygen atoms in total. The summed E-state index contributed by atoms with van der Waals surface area (Å²) in [7, 11) is 0. The van der Waals surface area contributed by atoms with Gasteiger partial charge in [0, 0.05) is 19.0 Å². The van der Waals surface area contributed by atoms with Crippen molar-refractivity contribution in [2.75, 3.05) is 13.1 Å². The Labute approximate surface area is 92.2 Å². The second-order valence-electron chi connectivity index (χ2n) is 4.51. The molecule has 1 rings (SSSR count). The van der Waals surface area contributed by atoms with E-state index in [1.165, 1.54) is 19.3 Å². The number of amides is 1. The average molecular weight is 213 g/mol. The summed E-state index contributed by atoms with van der Waals surface area (Å²) >= 11 is 0. The van der Waals surface area contributed by atoms with Crippen LogP contribution in [0.25, 0.3) is 0 Å². The Morgan fingerprint density at radius 3 is 2.67 bits per heavy atom. The fourth-order valence-corrected chi connectivity index (χ4v) is 2.08. The van der Waals surface area contributed by atoms with Crippen molar-refractivity contribution in [1.29, 1.82) is 0 Å². The van der Waals surface area contributed by atoms with Crippen molar-refractivity contribution in [3.63, 3.8) is 0 Å². The van der Waals surface area contributed by atoms with E-state index in [9.17, 15) is 4.79 Å². The van der Waals surface area contributed by atoms with Gasteiger partial charge in [0.1, 0.15) is 0 Å². The summed E-state index contributed by atoms with van der Waals surface area (Å²) < 4.78 is 0. The summed E-state index contributed by atoms with van der Waals surface area (Å²) in [5.74, 6) is 5.86. The molecule has 0 aliphatic heterocycles. The maximum absolute atomic E-state index is 11.1. The van der Waals surface area contributed by atoms with Gasteiger partial charge in [-0.2, -0.15) is 0 Å². The molecule has 0 saturated heterocycles. The van der Waals surface area contributed by atoms with Crippen LogP contribution in [0.2, 0.25) is 0 Å². The Hall–Kier alpha value is -0.610. The average Bonchev–Trinajstić information content (AvgIpc) is 2.16. The van der Waals surface area contributed by atoms with E-state index in [2.05, 4.69) is 24.2 Å². The quantitative estimate of drug-likeness (QED) is 0.391. The van der Waals surface area contributed by atoms with E-state index in [1.807, 2.05) is 0 Å². The predicted molar refractivity (Wildman–Crippen MR) is 61.0 cm³/mol. The van der Waals surface area contributed by atoms with Crippen LogP contribution in [0.5, 0.6) is 0 Å². The fourth-order valence-electron chi connectivity index (χ4n) is 2.08. The highest BCUT2D eigenvalue weighted by atomic mass is 16.2. The summed E-state index contributed by atoms with van der Waals surface area (Å²) in [6.07, 6.45) is 4.58. The number of rotatable bonds is 6. The molecule has 0 radical (unpaired) electrons. The second kappa shape index (κ2) is 6.08. The van der Waals surface area contributed by atoms with Gasteiger partial charge in [-0.15, -0.1) is 0 Å². The Kier molecular flexibility index (Phi) is 5.05. The van der Waals surface area contributed by atoms with Gasteiger partial charge in [-0.05, 0) is 32.2 Å². The molecule has 1 atom stereocenters. The van der Waals surface area contributed by atoms with E-state index in [0.717, 1.165) is 19.0 Å². The summed E-state index contributed by atoms with van der Waals surface area (Å²) in [5, 5.41) is 0. The largest absolute Gasteiger partial charge is 0.300 e. The number of nitrogens with two attached hydrogens (primary N) is 1. The van der Waals surface area contributed by atoms with Crippen LogP contribution in [0.3, 0.4) is 0 Å². The lowest BCUT2D eigenvalue weighted by Crippen LogP contribution is -2.42. The van der Waals surface area contributed by atoms with Crippen LogP contribution in [0, 0.1) is 5.92 Å². The first-order valence-electron chi connectivity index (χ1n) is 5.90. The smallest absolute Gasteiger partial charge is 0.235 e. The van der Waals surface area contributed by atoms with Gasteiger partial charge in [0.25, 0.3) is 0 Å². The number of hydrogen-bond donors (Lipinski definition) is 2. The number of nitrogens with one attached hydrogen (secondary N) is 1. The van der Waals surface area contributed by atoms with Gasteiger partial charge < -0.3 is 4.90 Å². The Morgan fingerprint density at radius 1 is 1.60 bits per heavy atom. The molecular formula is C11H23N3O. The van der Waals surface area contributed by atoms with Gasteiger partial charge in [-0.3, -0.25) is 10.2 Å². The minimum absolute atomic E-state index is 0.0745. The molecule has 0 aromatic heterocycles.